The lowest BCUT2D eigenvalue weighted by Crippen LogP contribution is -2.57. The Hall–Kier alpha value is -1.89. The van der Waals surface area contributed by atoms with Crippen LogP contribution in [0.5, 0.6) is 11.5 Å². The molecule has 0 radical (unpaired) electrons. The van der Waals surface area contributed by atoms with Crippen LogP contribution in [0.4, 0.5) is 0 Å². The number of benzene rings is 1. The van der Waals surface area contributed by atoms with Gasteiger partial charge in [0.15, 0.2) is 11.5 Å². The molecule has 0 bridgehead atoms. The summed E-state index contributed by atoms with van der Waals surface area (Å²) in [5.41, 5.74) is 1.08. The second-order valence-electron chi connectivity index (χ2n) is 12.1. The van der Waals surface area contributed by atoms with Gasteiger partial charge < -0.3 is 35.0 Å². The fourth-order valence-electron chi connectivity index (χ4n) is 6.42. The first kappa shape index (κ1) is 36.6. The predicted octanol–water partition coefficient (Wildman–Crippen LogP) is 5.40. The number of nitrogens with one attached hydrogen (secondary N) is 1. The van der Waals surface area contributed by atoms with E-state index >= 15 is 0 Å². The summed E-state index contributed by atoms with van der Waals surface area (Å²) < 4.78 is 12.6. The number of amides is 2. The Morgan fingerprint density at radius 2 is 1.68 bits per heavy atom. The number of nitrogens with zero attached hydrogens (tertiary/aromatic N) is 1. The highest BCUT2D eigenvalue weighted by Crippen LogP contribution is 2.38. The Morgan fingerprint density at radius 1 is 1.02 bits per heavy atom. The summed E-state index contributed by atoms with van der Waals surface area (Å²) in [5, 5.41) is 33.5. The van der Waals surface area contributed by atoms with Gasteiger partial charge in [0.25, 0.3) is 0 Å². The standard InChI is InChI=1S/C34H53IN2O7/c1-3-4-5-6-7-8-9-10-11-16-31(40)37(26-14-12-13-15-26)28-21-25(34(42)36-17-18-38)22-29(32(28)41)44-33-27(35)19-24(23-39)20-30(33)43-2/h19-20,22,26,28-29,32,38-39,41H,3-18,21,23H2,1-2H3,(H,36,42). The van der Waals surface area contributed by atoms with Crippen molar-refractivity contribution >= 4 is 34.4 Å². The van der Waals surface area contributed by atoms with E-state index in [4.69, 9.17) is 9.47 Å². The van der Waals surface area contributed by atoms with E-state index in [1.165, 1.54) is 45.6 Å². The lowest BCUT2D eigenvalue weighted by atomic mass is 9.87. The fraction of sp³-hybridized carbons (Fsp3) is 0.706. The Labute approximate surface area is 276 Å². The third-order valence-electron chi connectivity index (χ3n) is 8.80. The first-order chi connectivity index (χ1) is 21.3. The average molecular weight is 729 g/mol. The molecule has 248 valence electrons. The zero-order chi connectivity index (χ0) is 31.9. The number of carbonyl (C=O) groups is 2. The number of rotatable bonds is 19. The average Bonchev–Trinajstić information content (AvgIpc) is 3.55. The molecule has 2 amide bonds. The monoisotopic (exact) mass is 728 g/mol. The van der Waals surface area contributed by atoms with Crippen molar-refractivity contribution in [2.75, 3.05) is 20.3 Å². The van der Waals surface area contributed by atoms with E-state index in [9.17, 15) is 24.9 Å². The van der Waals surface area contributed by atoms with Gasteiger partial charge in [-0.3, -0.25) is 9.59 Å². The molecule has 1 saturated carbocycles. The molecule has 44 heavy (non-hydrogen) atoms. The molecule has 0 spiro atoms. The summed E-state index contributed by atoms with van der Waals surface area (Å²) in [6.45, 7) is 1.98. The highest BCUT2D eigenvalue weighted by atomic mass is 127. The van der Waals surface area contributed by atoms with Crippen LogP contribution >= 0.6 is 22.6 Å². The Balaban J connectivity index is 1.80. The predicted molar refractivity (Wildman–Crippen MR) is 180 cm³/mol. The molecule has 10 heteroatoms. The minimum absolute atomic E-state index is 0.0136. The molecule has 3 atom stereocenters. The molecule has 0 saturated heterocycles. The molecule has 0 heterocycles. The van der Waals surface area contributed by atoms with E-state index in [0.717, 1.165) is 44.9 Å². The van der Waals surface area contributed by atoms with E-state index in [2.05, 4.69) is 34.8 Å². The maximum Gasteiger partial charge on any atom is 0.247 e. The molecular formula is C34H53IN2O7. The third kappa shape index (κ3) is 10.6. The quantitative estimate of drug-likeness (QED) is 0.111. The van der Waals surface area contributed by atoms with Crippen LogP contribution in [0.3, 0.4) is 0 Å². The second kappa shape index (κ2) is 19.6. The molecule has 0 aromatic heterocycles. The maximum absolute atomic E-state index is 13.9. The lowest BCUT2D eigenvalue weighted by molar-refractivity contribution is -0.142. The first-order valence-electron chi connectivity index (χ1n) is 16.6. The Bertz CT molecular complexity index is 1080. The van der Waals surface area contributed by atoms with Crippen LogP contribution < -0.4 is 14.8 Å². The summed E-state index contributed by atoms with van der Waals surface area (Å²) >= 11 is 2.10. The van der Waals surface area contributed by atoms with Crippen molar-refractivity contribution in [3.63, 3.8) is 0 Å². The minimum atomic E-state index is -1.07. The van der Waals surface area contributed by atoms with Gasteiger partial charge in [0.2, 0.25) is 11.8 Å². The molecular weight excluding hydrogens is 675 g/mol. The SMILES string of the molecule is CCCCCCCCCCCC(=O)N(C1CCCC1)C1CC(C(=O)NCCO)=CC(Oc2c(I)cc(CO)cc2OC)C1O. The Morgan fingerprint density at radius 3 is 2.30 bits per heavy atom. The molecule has 2 aliphatic rings. The molecule has 4 N–H and O–H groups in total. The molecule has 1 aromatic carbocycles. The summed E-state index contributed by atoms with van der Waals surface area (Å²) in [7, 11) is 1.51. The highest BCUT2D eigenvalue weighted by Gasteiger charge is 2.43. The van der Waals surface area contributed by atoms with Gasteiger partial charge in [-0.1, -0.05) is 71.1 Å². The van der Waals surface area contributed by atoms with Gasteiger partial charge in [0.1, 0.15) is 12.2 Å². The van der Waals surface area contributed by atoms with E-state index in [-0.39, 0.29) is 44.0 Å². The molecule has 3 rings (SSSR count). The molecule has 2 aliphatic carbocycles. The normalized spacial score (nSPS) is 20.3. The van der Waals surface area contributed by atoms with Crippen LogP contribution in [-0.2, 0) is 16.2 Å². The zero-order valence-corrected chi connectivity index (χ0v) is 28.7. The number of hydrogen-bond acceptors (Lipinski definition) is 7. The lowest BCUT2D eigenvalue weighted by Gasteiger charge is -2.43. The molecule has 3 unspecified atom stereocenters. The van der Waals surface area contributed by atoms with E-state index in [0.29, 0.717) is 32.6 Å². The third-order valence-corrected chi connectivity index (χ3v) is 9.60. The van der Waals surface area contributed by atoms with Crippen molar-refractivity contribution in [2.45, 2.75) is 134 Å². The topological polar surface area (TPSA) is 129 Å². The number of carbonyl (C=O) groups excluding carboxylic acids is 2. The number of hydrogen-bond donors (Lipinski definition) is 4. The largest absolute Gasteiger partial charge is 0.493 e. The van der Waals surface area contributed by atoms with E-state index in [1.54, 1.807) is 18.2 Å². The summed E-state index contributed by atoms with van der Waals surface area (Å²) in [4.78, 5) is 28.9. The number of halogens is 1. The van der Waals surface area contributed by atoms with Crippen molar-refractivity contribution < 1.29 is 34.4 Å². The first-order valence-corrected chi connectivity index (χ1v) is 17.6. The molecule has 1 fully saturated rings. The zero-order valence-electron chi connectivity index (χ0n) is 26.6. The van der Waals surface area contributed by atoms with Gasteiger partial charge >= 0.3 is 0 Å². The fourth-order valence-corrected chi connectivity index (χ4v) is 7.21. The number of unbranched alkanes of at least 4 members (excludes halogenated alkanes) is 8. The molecule has 1 aromatic rings. The van der Waals surface area contributed by atoms with Crippen molar-refractivity contribution in [1.29, 1.82) is 0 Å². The molecule has 9 nitrogen and oxygen atoms in total. The summed E-state index contributed by atoms with van der Waals surface area (Å²) in [6.07, 6.45) is 14.6. The van der Waals surface area contributed by atoms with Crippen molar-refractivity contribution in [1.82, 2.24) is 10.2 Å². The van der Waals surface area contributed by atoms with Gasteiger partial charge in [0.05, 0.1) is 29.9 Å². The smallest absolute Gasteiger partial charge is 0.247 e. The van der Waals surface area contributed by atoms with Crippen LogP contribution in [-0.4, -0.2) is 76.6 Å². The van der Waals surface area contributed by atoms with Crippen LogP contribution in [0.2, 0.25) is 0 Å². The summed E-state index contributed by atoms with van der Waals surface area (Å²) in [5.74, 6) is 0.484. The van der Waals surface area contributed by atoms with E-state index in [1.807, 2.05) is 4.90 Å². The van der Waals surface area contributed by atoms with Crippen LogP contribution in [0.25, 0.3) is 0 Å². The van der Waals surface area contributed by atoms with Crippen molar-refractivity contribution in [3.8, 4) is 11.5 Å². The maximum atomic E-state index is 13.9. The van der Waals surface area contributed by atoms with Gasteiger partial charge in [-0.05, 0) is 65.6 Å². The van der Waals surface area contributed by atoms with Crippen molar-refractivity contribution in [3.05, 3.63) is 32.9 Å². The number of aliphatic hydroxyl groups excluding tert-OH is 3. The molecule has 0 aliphatic heterocycles. The van der Waals surface area contributed by atoms with Crippen molar-refractivity contribution in [2.24, 2.45) is 0 Å². The van der Waals surface area contributed by atoms with Gasteiger partial charge in [-0.25, -0.2) is 0 Å². The Kier molecular flexibility index (Phi) is 16.3. The van der Waals surface area contributed by atoms with Gasteiger partial charge in [-0.15, -0.1) is 0 Å². The van der Waals surface area contributed by atoms with Gasteiger partial charge in [-0.2, -0.15) is 0 Å². The van der Waals surface area contributed by atoms with Crippen LogP contribution in [0, 0.1) is 3.57 Å². The minimum Gasteiger partial charge on any atom is -0.493 e. The number of aliphatic hydroxyl groups is 3. The van der Waals surface area contributed by atoms with Crippen LogP contribution in [0.15, 0.2) is 23.8 Å². The summed E-state index contributed by atoms with van der Waals surface area (Å²) in [6, 6.07) is 2.85. The van der Waals surface area contributed by atoms with Crippen LogP contribution in [0.1, 0.15) is 109 Å². The number of ether oxygens (including phenoxy) is 2. The van der Waals surface area contributed by atoms with E-state index < -0.39 is 18.2 Å². The number of methoxy groups -OCH3 is 1. The second-order valence-corrected chi connectivity index (χ2v) is 13.3. The highest BCUT2D eigenvalue weighted by molar-refractivity contribution is 14.1. The van der Waals surface area contributed by atoms with Gasteiger partial charge in [0, 0.05) is 31.0 Å².